The second-order valence-corrected chi connectivity index (χ2v) is 6.52. The van der Waals surface area contributed by atoms with Crippen molar-refractivity contribution < 1.29 is 9.52 Å². The molecule has 124 valence electrons. The van der Waals surface area contributed by atoms with E-state index in [4.69, 9.17) is 16.0 Å². The lowest BCUT2D eigenvalue weighted by molar-refractivity contribution is 0.282. The molecule has 0 saturated carbocycles. The molecule has 0 unspecified atom stereocenters. The molecule has 0 amide bonds. The Bertz CT molecular complexity index is 1020. The van der Waals surface area contributed by atoms with Gasteiger partial charge in [-0.25, -0.2) is 0 Å². The van der Waals surface area contributed by atoms with Gasteiger partial charge in [-0.05, 0) is 53.4 Å². The molecular formula is C22H17ClO2. The van der Waals surface area contributed by atoms with Crippen LogP contribution < -0.4 is 0 Å². The number of halogens is 1. The molecule has 0 spiro atoms. The van der Waals surface area contributed by atoms with Crippen molar-refractivity contribution >= 4 is 22.6 Å². The zero-order valence-corrected chi connectivity index (χ0v) is 14.3. The van der Waals surface area contributed by atoms with Gasteiger partial charge in [-0.2, -0.15) is 0 Å². The average Bonchev–Trinajstić information content (AvgIpc) is 3.05. The second-order valence-electron chi connectivity index (χ2n) is 6.12. The molecule has 2 nitrogen and oxygen atoms in total. The first-order valence-corrected chi connectivity index (χ1v) is 8.57. The summed E-state index contributed by atoms with van der Waals surface area (Å²) in [7, 11) is 0. The largest absolute Gasteiger partial charge is 0.456 e. The fourth-order valence-corrected chi connectivity index (χ4v) is 3.32. The fraction of sp³-hybridized carbons (Fsp3) is 0.0909. The SMILES string of the molecule is OCc1ccc(-c2cc3cc(Cc4ccccc4)ccc3o2)c(Cl)c1. The maximum Gasteiger partial charge on any atom is 0.136 e. The Labute approximate surface area is 151 Å². The molecule has 1 N–H and O–H groups in total. The third-order valence-electron chi connectivity index (χ3n) is 4.31. The van der Waals surface area contributed by atoms with E-state index >= 15 is 0 Å². The highest BCUT2D eigenvalue weighted by Gasteiger charge is 2.11. The van der Waals surface area contributed by atoms with E-state index in [9.17, 15) is 5.11 Å². The number of rotatable bonds is 4. The van der Waals surface area contributed by atoms with Crippen LogP contribution in [0, 0.1) is 0 Å². The van der Waals surface area contributed by atoms with Crippen molar-refractivity contribution in [3.63, 3.8) is 0 Å². The van der Waals surface area contributed by atoms with Crippen molar-refractivity contribution in [2.45, 2.75) is 13.0 Å². The number of aliphatic hydroxyl groups excluding tert-OH is 1. The van der Waals surface area contributed by atoms with Gasteiger partial charge in [-0.3, -0.25) is 0 Å². The lowest BCUT2D eigenvalue weighted by Crippen LogP contribution is -1.86. The van der Waals surface area contributed by atoms with Gasteiger partial charge in [0, 0.05) is 10.9 Å². The topological polar surface area (TPSA) is 33.4 Å². The minimum Gasteiger partial charge on any atom is -0.456 e. The summed E-state index contributed by atoms with van der Waals surface area (Å²) in [6.07, 6.45) is 0.892. The quantitative estimate of drug-likeness (QED) is 0.503. The van der Waals surface area contributed by atoms with Gasteiger partial charge >= 0.3 is 0 Å². The van der Waals surface area contributed by atoms with Crippen LogP contribution in [0.5, 0.6) is 0 Å². The van der Waals surface area contributed by atoms with E-state index in [-0.39, 0.29) is 6.61 Å². The highest BCUT2D eigenvalue weighted by molar-refractivity contribution is 6.33. The van der Waals surface area contributed by atoms with E-state index in [1.807, 2.05) is 30.3 Å². The maximum absolute atomic E-state index is 9.21. The lowest BCUT2D eigenvalue weighted by atomic mass is 10.0. The van der Waals surface area contributed by atoms with Crippen LogP contribution in [0.2, 0.25) is 5.02 Å². The van der Waals surface area contributed by atoms with E-state index < -0.39 is 0 Å². The summed E-state index contributed by atoms with van der Waals surface area (Å²) in [5.74, 6) is 0.737. The van der Waals surface area contributed by atoms with Crippen molar-refractivity contribution in [1.82, 2.24) is 0 Å². The Kier molecular flexibility index (Phi) is 4.31. The van der Waals surface area contributed by atoms with Gasteiger partial charge in [-0.15, -0.1) is 0 Å². The lowest BCUT2D eigenvalue weighted by Gasteiger charge is -2.02. The van der Waals surface area contributed by atoms with Gasteiger partial charge in [0.25, 0.3) is 0 Å². The Morgan fingerprint density at radius 1 is 0.800 bits per heavy atom. The molecular weight excluding hydrogens is 332 g/mol. The molecule has 0 aliphatic heterocycles. The summed E-state index contributed by atoms with van der Waals surface area (Å²) in [5.41, 5.74) is 4.99. The molecule has 0 radical (unpaired) electrons. The van der Waals surface area contributed by atoms with Crippen LogP contribution in [0.3, 0.4) is 0 Å². The molecule has 0 atom stereocenters. The summed E-state index contributed by atoms with van der Waals surface area (Å²) in [6.45, 7) is -0.0248. The van der Waals surface area contributed by atoms with Gasteiger partial charge in [0.2, 0.25) is 0 Å². The van der Waals surface area contributed by atoms with Gasteiger partial charge in [0.1, 0.15) is 11.3 Å². The van der Waals surface area contributed by atoms with Gasteiger partial charge in [0.15, 0.2) is 0 Å². The van der Waals surface area contributed by atoms with E-state index in [2.05, 4.69) is 36.4 Å². The van der Waals surface area contributed by atoms with Crippen molar-refractivity contribution in [1.29, 1.82) is 0 Å². The summed E-state index contributed by atoms with van der Waals surface area (Å²) >= 11 is 6.34. The molecule has 1 heterocycles. The zero-order valence-electron chi connectivity index (χ0n) is 13.6. The fourth-order valence-electron chi connectivity index (χ4n) is 3.02. The highest BCUT2D eigenvalue weighted by atomic mass is 35.5. The first kappa shape index (κ1) is 15.9. The first-order chi connectivity index (χ1) is 12.2. The van der Waals surface area contributed by atoms with Crippen molar-refractivity contribution in [3.05, 3.63) is 94.5 Å². The van der Waals surface area contributed by atoms with Gasteiger partial charge in [0.05, 0.1) is 11.6 Å². The highest BCUT2D eigenvalue weighted by Crippen LogP contribution is 2.33. The summed E-state index contributed by atoms with van der Waals surface area (Å²) < 4.78 is 5.97. The second kappa shape index (κ2) is 6.75. The van der Waals surface area contributed by atoms with Crippen LogP contribution in [-0.2, 0) is 13.0 Å². The molecule has 4 aromatic rings. The minimum atomic E-state index is -0.0248. The normalized spacial score (nSPS) is 11.1. The zero-order chi connectivity index (χ0) is 17.2. The smallest absolute Gasteiger partial charge is 0.136 e. The average molecular weight is 349 g/mol. The number of furan rings is 1. The predicted molar refractivity (Wildman–Crippen MR) is 102 cm³/mol. The summed E-state index contributed by atoms with van der Waals surface area (Å²) in [6, 6.07) is 24.2. The first-order valence-electron chi connectivity index (χ1n) is 8.19. The maximum atomic E-state index is 9.21. The Morgan fingerprint density at radius 3 is 2.36 bits per heavy atom. The van der Waals surface area contributed by atoms with Crippen molar-refractivity contribution in [3.8, 4) is 11.3 Å². The number of benzene rings is 3. The third kappa shape index (κ3) is 3.32. The summed E-state index contributed by atoms with van der Waals surface area (Å²) in [4.78, 5) is 0. The predicted octanol–water partition coefficient (Wildman–Crippen LogP) is 5.84. The van der Waals surface area contributed by atoms with Crippen LogP contribution in [0.1, 0.15) is 16.7 Å². The standard InChI is InChI=1S/C22H17ClO2/c23-20-12-17(14-24)6-8-19(20)22-13-18-11-16(7-9-21(18)25-22)10-15-4-2-1-3-5-15/h1-9,11-13,24H,10,14H2. The molecule has 25 heavy (non-hydrogen) atoms. The van der Waals surface area contributed by atoms with Crippen LogP contribution >= 0.6 is 11.6 Å². The van der Waals surface area contributed by atoms with E-state index in [0.29, 0.717) is 5.02 Å². The minimum absolute atomic E-state index is 0.0248. The number of hydrogen-bond donors (Lipinski definition) is 1. The molecule has 0 fully saturated rings. The van der Waals surface area contributed by atoms with E-state index in [1.54, 1.807) is 6.07 Å². The van der Waals surface area contributed by atoms with Crippen LogP contribution in [0.25, 0.3) is 22.3 Å². The molecule has 3 heteroatoms. The third-order valence-corrected chi connectivity index (χ3v) is 4.63. The van der Waals surface area contributed by atoms with E-state index in [1.165, 1.54) is 11.1 Å². The Balaban J connectivity index is 1.69. The molecule has 0 saturated heterocycles. The van der Waals surface area contributed by atoms with Gasteiger partial charge < -0.3 is 9.52 Å². The molecule has 1 aromatic heterocycles. The molecule has 0 aliphatic carbocycles. The number of fused-ring (bicyclic) bond motifs is 1. The van der Waals surface area contributed by atoms with Crippen LogP contribution in [0.15, 0.2) is 77.2 Å². The monoisotopic (exact) mass is 348 g/mol. The van der Waals surface area contributed by atoms with Crippen LogP contribution in [0.4, 0.5) is 0 Å². The number of aliphatic hydroxyl groups is 1. The molecule has 4 rings (SSSR count). The van der Waals surface area contributed by atoms with E-state index in [0.717, 1.165) is 34.3 Å². The Hall–Kier alpha value is -2.55. The summed E-state index contributed by atoms with van der Waals surface area (Å²) in [5, 5.41) is 10.8. The molecule has 0 bridgehead atoms. The van der Waals surface area contributed by atoms with Crippen LogP contribution in [-0.4, -0.2) is 5.11 Å². The Morgan fingerprint density at radius 2 is 1.60 bits per heavy atom. The number of hydrogen-bond acceptors (Lipinski definition) is 2. The molecule has 0 aliphatic rings. The van der Waals surface area contributed by atoms with Gasteiger partial charge in [-0.1, -0.05) is 54.1 Å². The van der Waals surface area contributed by atoms with Crippen molar-refractivity contribution in [2.75, 3.05) is 0 Å². The molecule has 3 aromatic carbocycles. The van der Waals surface area contributed by atoms with Crippen molar-refractivity contribution in [2.24, 2.45) is 0 Å².